The average molecular weight is 275 g/mol. The molecule has 1 aromatic carbocycles. The van der Waals surface area contributed by atoms with Crippen LogP contribution in [0, 0.1) is 5.92 Å². The lowest BCUT2D eigenvalue weighted by Gasteiger charge is -2.27. The summed E-state index contributed by atoms with van der Waals surface area (Å²) in [4.78, 5) is 11.3. The number of nitrogens with one attached hydrogen (secondary N) is 1. The first kappa shape index (κ1) is 15.0. The minimum absolute atomic E-state index is 0.0102. The van der Waals surface area contributed by atoms with Crippen LogP contribution in [-0.2, 0) is 11.2 Å². The minimum Gasteiger partial charge on any atom is -0.388 e. The van der Waals surface area contributed by atoms with Gasteiger partial charge in [-0.05, 0) is 48.3 Å². The van der Waals surface area contributed by atoms with E-state index in [9.17, 15) is 9.90 Å². The van der Waals surface area contributed by atoms with Gasteiger partial charge in [0, 0.05) is 6.92 Å². The SMILES string of the molecule is CC(=O)NC1CCCc2ccc(C(O)CC(C)C)cc21. The smallest absolute Gasteiger partial charge is 0.217 e. The van der Waals surface area contributed by atoms with Gasteiger partial charge in [-0.15, -0.1) is 0 Å². The van der Waals surface area contributed by atoms with Crippen molar-refractivity contribution in [2.24, 2.45) is 5.92 Å². The molecule has 0 spiro atoms. The molecule has 1 amide bonds. The number of aliphatic hydroxyl groups excluding tert-OH is 1. The Labute approximate surface area is 121 Å². The van der Waals surface area contributed by atoms with Gasteiger partial charge in [0.25, 0.3) is 0 Å². The highest BCUT2D eigenvalue weighted by atomic mass is 16.3. The summed E-state index contributed by atoms with van der Waals surface area (Å²) in [5.74, 6) is 0.475. The molecule has 0 fully saturated rings. The second-order valence-corrected chi connectivity index (χ2v) is 6.25. The Morgan fingerprint density at radius 2 is 2.20 bits per heavy atom. The first-order valence-corrected chi connectivity index (χ1v) is 7.55. The number of hydrogen-bond donors (Lipinski definition) is 2. The lowest BCUT2D eigenvalue weighted by Crippen LogP contribution is -2.29. The van der Waals surface area contributed by atoms with E-state index in [0.717, 1.165) is 31.2 Å². The third-order valence-electron chi connectivity index (χ3n) is 3.94. The molecule has 2 N–H and O–H groups in total. The van der Waals surface area contributed by atoms with Crippen LogP contribution in [0.25, 0.3) is 0 Å². The average Bonchev–Trinajstić information content (AvgIpc) is 2.37. The van der Waals surface area contributed by atoms with Crippen molar-refractivity contribution >= 4 is 5.91 Å². The second kappa shape index (κ2) is 6.40. The summed E-state index contributed by atoms with van der Waals surface area (Å²) in [6.45, 7) is 5.79. The molecule has 1 aliphatic carbocycles. The number of amides is 1. The van der Waals surface area contributed by atoms with Crippen molar-refractivity contribution in [2.75, 3.05) is 0 Å². The molecule has 0 aliphatic heterocycles. The third kappa shape index (κ3) is 3.60. The number of benzene rings is 1. The number of carbonyl (C=O) groups is 1. The molecule has 20 heavy (non-hydrogen) atoms. The molecule has 0 radical (unpaired) electrons. The van der Waals surface area contributed by atoms with Crippen molar-refractivity contribution in [3.63, 3.8) is 0 Å². The van der Waals surface area contributed by atoms with E-state index in [-0.39, 0.29) is 11.9 Å². The second-order valence-electron chi connectivity index (χ2n) is 6.25. The molecule has 0 saturated carbocycles. The summed E-state index contributed by atoms with van der Waals surface area (Å²) in [5, 5.41) is 13.3. The maximum Gasteiger partial charge on any atom is 0.217 e. The van der Waals surface area contributed by atoms with Crippen molar-refractivity contribution in [2.45, 2.75) is 58.6 Å². The van der Waals surface area contributed by atoms with Crippen LogP contribution in [0.3, 0.4) is 0 Å². The van der Waals surface area contributed by atoms with Crippen LogP contribution >= 0.6 is 0 Å². The number of aryl methyl sites for hydroxylation is 1. The van der Waals surface area contributed by atoms with Gasteiger partial charge < -0.3 is 10.4 Å². The summed E-state index contributed by atoms with van der Waals surface area (Å²) >= 11 is 0. The Bertz CT molecular complexity index is 482. The van der Waals surface area contributed by atoms with Crippen molar-refractivity contribution in [1.82, 2.24) is 5.32 Å². The van der Waals surface area contributed by atoms with Gasteiger partial charge in [-0.2, -0.15) is 0 Å². The maximum absolute atomic E-state index is 11.3. The van der Waals surface area contributed by atoms with E-state index >= 15 is 0 Å². The highest BCUT2D eigenvalue weighted by Gasteiger charge is 2.22. The van der Waals surface area contributed by atoms with Crippen LogP contribution in [0.15, 0.2) is 18.2 Å². The lowest BCUT2D eigenvalue weighted by molar-refractivity contribution is -0.119. The Morgan fingerprint density at radius 3 is 2.85 bits per heavy atom. The monoisotopic (exact) mass is 275 g/mol. The van der Waals surface area contributed by atoms with E-state index in [1.54, 1.807) is 6.92 Å². The fourth-order valence-corrected chi connectivity index (χ4v) is 3.00. The quantitative estimate of drug-likeness (QED) is 0.886. The van der Waals surface area contributed by atoms with E-state index in [0.29, 0.717) is 5.92 Å². The van der Waals surface area contributed by atoms with Crippen LogP contribution in [0.4, 0.5) is 0 Å². The van der Waals surface area contributed by atoms with E-state index in [4.69, 9.17) is 0 Å². The predicted octanol–water partition coefficient (Wildman–Crippen LogP) is 3.28. The molecule has 1 aliphatic rings. The van der Waals surface area contributed by atoms with Crippen LogP contribution in [0.2, 0.25) is 0 Å². The Balaban J connectivity index is 2.25. The largest absolute Gasteiger partial charge is 0.388 e. The van der Waals surface area contributed by atoms with E-state index < -0.39 is 6.10 Å². The molecule has 0 heterocycles. The molecule has 0 saturated heterocycles. The maximum atomic E-state index is 11.3. The molecule has 2 unspecified atom stereocenters. The number of aliphatic hydroxyl groups is 1. The number of hydrogen-bond acceptors (Lipinski definition) is 2. The predicted molar refractivity (Wildman–Crippen MR) is 80.4 cm³/mol. The molecule has 2 rings (SSSR count). The highest BCUT2D eigenvalue weighted by molar-refractivity contribution is 5.73. The van der Waals surface area contributed by atoms with E-state index in [2.05, 4.69) is 31.3 Å². The third-order valence-corrected chi connectivity index (χ3v) is 3.94. The van der Waals surface area contributed by atoms with Crippen molar-refractivity contribution < 1.29 is 9.90 Å². The van der Waals surface area contributed by atoms with Crippen LogP contribution in [-0.4, -0.2) is 11.0 Å². The molecule has 3 heteroatoms. The Kier molecular flexibility index (Phi) is 4.81. The van der Waals surface area contributed by atoms with Gasteiger partial charge in [-0.25, -0.2) is 0 Å². The highest BCUT2D eigenvalue weighted by Crippen LogP contribution is 2.32. The standard InChI is InChI=1S/C17H25NO2/c1-11(2)9-17(20)14-8-7-13-5-4-6-16(15(13)10-14)18-12(3)19/h7-8,10-11,16-17,20H,4-6,9H2,1-3H3,(H,18,19). The fraction of sp³-hybridized carbons (Fsp3) is 0.588. The molecule has 0 aromatic heterocycles. The van der Waals surface area contributed by atoms with Crippen LogP contribution in [0.1, 0.15) is 68.9 Å². The molecule has 3 nitrogen and oxygen atoms in total. The number of fused-ring (bicyclic) bond motifs is 1. The Morgan fingerprint density at radius 1 is 1.45 bits per heavy atom. The first-order valence-electron chi connectivity index (χ1n) is 7.55. The van der Waals surface area contributed by atoms with Crippen LogP contribution < -0.4 is 5.32 Å². The van der Waals surface area contributed by atoms with Crippen molar-refractivity contribution in [1.29, 1.82) is 0 Å². The van der Waals surface area contributed by atoms with Crippen molar-refractivity contribution in [3.05, 3.63) is 34.9 Å². The van der Waals surface area contributed by atoms with Gasteiger partial charge in [-0.1, -0.05) is 32.0 Å². The molecule has 2 atom stereocenters. The zero-order valence-electron chi connectivity index (χ0n) is 12.6. The van der Waals surface area contributed by atoms with Gasteiger partial charge in [0.1, 0.15) is 0 Å². The van der Waals surface area contributed by atoms with Gasteiger partial charge in [0.2, 0.25) is 5.91 Å². The molecule has 110 valence electrons. The van der Waals surface area contributed by atoms with Crippen LogP contribution in [0.5, 0.6) is 0 Å². The summed E-state index contributed by atoms with van der Waals surface area (Å²) in [6.07, 6.45) is 3.50. The Hall–Kier alpha value is -1.35. The van der Waals surface area contributed by atoms with Gasteiger partial charge in [0.05, 0.1) is 12.1 Å². The first-order chi connectivity index (χ1) is 9.47. The summed E-state index contributed by atoms with van der Waals surface area (Å²) in [7, 11) is 0. The topological polar surface area (TPSA) is 49.3 Å². The number of rotatable bonds is 4. The zero-order valence-corrected chi connectivity index (χ0v) is 12.6. The lowest BCUT2D eigenvalue weighted by atomic mass is 9.85. The summed E-state index contributed by atoms with van der Waals surface area (Å²) in [6, 6.07) is 6.33. The number of carbonyl (C=O) groups excluding carboxylic acids is 1. The van der Waals surface area contributed by atoms with E-state index in [1.807, 2.05) is 6.07 Å². The minimum atomic E-state index is -0.416. The van der Waals surface area contributed by atoms with Gasteiger partial charge >= 0.3 is 0 Å². The fourth-order valence-electron chi connectivity index (χ4n) is 3.00. The van der Waals surface area contributed by atoms with Crippen molar-refractivity contribution in [3.8, 4) is 0 Å². The van der Waals surface area contributed by atoms with Gasteiger partial charge in [0.15, 0.2) is 0 Å². The normalized spacial score (nSPS) is 19.6. The molecule has 1 aromatic rings. The molecule has 0 bridgehead atoms. The molecular formula is C17H25NO2. The summed E-state index contributed by atoms with van der Waals surface area (Å²) in [5.41, 5.74) is 3.46. The van der Waals surface area contributed by atoms with Gasteiger partial charge in [-0.3, -0.25) is 4.79 Å². The van der Waals surface area contributed by atoms with E-state index in [1.165, 1.54) is 11.1 Å². The summed E-state index contributed by atoms with van der Waals surface area (Å²) < 4.78 is 0. The molecular weight excluding hydrogens is 250 g/mol. The zero-order chi connectivity index (χ0) is 14.7.